The maximum atomic E-state index is 11.8. The van der Waals surface area contributed by atoms with E-state index in [9.17, 15) is 4.79 Å². The Kier molecular flexibility index (Phi) is 5.05. The first kappa shape index (κ1) is 16.0. The van der Waals surface area contributed by atoms with Crippen molar-refractivity contribution in [3.8, 4) is 0 Å². The molecule has 0 aliphatic carbocycles. The van der Waals surface area contributed by atoms with Crippen molar-refractivity contribution in [1.29, 1.82) is 0 Å². The molecule has 0 saturated heterocycles. The molecular formula is C18H21N5O. The number of aryl methyl sites for hydroxylation is 2. The second kappa shape index (κ2) is 7.59. The molecular weight excluding hydrogens is 302 g/mol. The van der Waals surface area contributed by atoms with Gasteiger partial charge in [0.2, 0.25) is 0 Å². The summed E-state index contributed by atoms with van der Waals surface area (Å²) in [6.07, 6.45) is 4.28. The van der Waals surface area contributed by atoms with E-state index in [2.05, 4.69) is 31.2 Å². The summed E-state index contributed by atoms with van der Waals surface area (Å²) < 4.78 is 2.19. The van der Waals surface area contributed by atoms with E-state index < -0.39 is 0 Å². The molecule has 1 aromatic carbocycles. The number of fused-ring (bicyclic) bond motifs is 1. The number of aromatic nitrogens is 3. The van der Waals surface area contributed by atoms with Gasteiger partial charge in [0.25, 0.3) is 0 Å². The Hall–Kier alpha value is -2.89. The molecule has 6 nitrogen and oxygen atoms in total. The van der Waals surface area contributed by atoms with E-state index in [0.29, 0.717) is 13.1 Å². The number of hydrogen-bond donors (Lipinski definition) is 2. The van der Waals surface area contributed by atoms with Gasteiger partial charge in [0, 0.05) is 32.0 Å². The van der Waals surface area contributed by atoms with Crippen LogP contribution < -0.4 is 10.6 Å². The van der Waals surface area contributed by atoms with Crippen molar-refractivity contribution in [2.24, 2.45) is 0 Å². The molecule has 2 heterocycles. The van der Waals surface area contributed by atoms with E-state index in [1.807, 2.05) is 37.3 Å². The van der Waals surface area contributed by atoms with Crippen molar-refractivity contribution in [3.05, 3.63) is 60.2 Å². The van der Waals surface area contributed by atoms with Crippen molar-refractivity contribution in [2.45, 2.75) is 26.4 Å². The zero-order valence-corrected chi connectivity index (χ0v) is 13.7. The first-order valence-corrected chi connectivity index (χ1v) is 8.06. The Morgan fingerprint density at radius 1 is 1.12 bits per heavy atom. The number of amides is 2. The Labute approximate surface area is 140 Å². The molecule has 0 radical (unpaired) electrons. The molecule has 0 fully saturated rings. The highest BCUT2D eigenvalue weighted by molar-refractivity contribution is 5.76. The zero-order valence-electron chi connectivity index (χ0n) is 13.7. The summed E-state index contributed by atoms with van der Waals surface area (Å²) in [7, 11) is 0. The first-order chi connectivity index (χ1) is 11.7. The molecule has 2 aromatic heterocycles. The lowest BCUT2D eigenvalue weighted by molar-refractivity contribution is 0.240. The van der Waals surface area contributed by atoms with Crippen LogP contribution in [-0.2, 0) is 13.1 Å². The third-order valence-electron chi connectivity index (χ3n) is 3.89. The van der Waals surface area contributed by atoms with Crippen molar-refractivity contribution in [3.63, 3.8) is 0 Å². The second-order valence-electron chi connectivity index (χ2n) is 5.62. The van der Waals surface area contributed by atoms with Crippen LogP contribution in [0.2, 0.25) is 0 Å². The summed E-state index contributed by atoms with van der Waals surface area (Å²) in [6.45, 7) is 3.96. The molecule has 3 rings (SSSR count). The number of carbonyl (C=O) groups is 1. The molecule has 0 atom stereocenters. The van der Waals surface area contributed by atoms with Gasteiger partial charge in [0.1, 0.15) is 5.82 Å². The zero-order chi connectivity index (χ0) is 16.8. The molecule has 24 heavy (non-hydrogen) atoms. The molecule has 6 heteroatoms. The fourth-order valence-electron chi connectivity index (χ4n) is 2.66. The highest BCUT2D eigenvalue weighted by atomic mass is 16.2. The number of nitrogens with zero attached hydrogens (tertiary/aromatic N) is 3. The van der Waals surface area contributed by atoms with Gasteiger partial charge in [-0.1, -0.05) is 12.1 Å². The summed E-state index contributed by atoms with van der Waals surface area (Å²) in [5.74, 6) is 0.998. The van der Waals surface area contributed by atoms with E-state index in [1.54, 1.807) is 12.4 Å². The van der Waals surface area contributed by atoms with Gasteiger partial charge in [-0.2, -0.15) is 0 Å². The predicted octanol–water partition coefficient (Wildman–Crippen LogP) is 2.63. The summed E-state index contributed by atoms with van der Waals surface area (Å²) >= 11 is 0. The Morgan fingerprint density at radius 3 is 2.75 bits per heavy atom. The lowest BCUT2D eigenvalue weighted by atomic mass is 10.3. The monoisotopic (exact) mass is 323 g/mol. The maximum Gasteiger partial charge on any atom is 0.315 e. The molecule has 2 N–H and O–H groups in total. The molecule has 0 unspecified atom stereocenters. The number of carbonyl (C=O) groups excluding carboxylic acids is 1. The number of para-hydroxylation sites is 2. The van der Waals surface area contributed by atoms with Gasteiger partial charge >= 0.3 is 6.03 Å². The van der Waals surface area contributed by atoms with Crippen LogP contribution >= 0.6 is 0 Å². The van der Waals surface area contributed by atoms with E-state index in [-0.39, 0.29) is 6.03 Å². The smallest absolute Gasteiger partial charge is 0.315 e. The number of pyridine rings is 1. The minimum absolute atomic E-state index is 0.154. The Balaban J connectivity index is 1.43. The molecule has 0 aliphatic heterocycles. The average Bonchev–Trinajstić information content (AvgIpc) is 2.93. The van der Waals surface area contributed by atoms with Gasteiger partial charge in [-0.25, -0.2) is 9.78 Å². The lowest BCUT2D eigenvalue weighted by Gasteiger charge is -2.09. The third-order valence-corrected chi connectivity index (χ3v) is 3.89. The molecule has 124 valence electrons. The van der Waals surface area contributed by atoms with Crippen molar-refractivity contribution in [2.75, 3.05) is 6.54 Å². The average molecular weight is 323 g/mol. The molecule has 3 aromatic rings. The maximum absolute atomic E-state index is 11.8. The van der Waals surface area contributed by atoms with E-state index in [0.717, 1.165) is 35.4 Å². The van der Waals surface area contributed by atoms with Gasteiger partial charge in [-0.3, -0.25) is 4.98 Å². The van der Waals surface area contributed by atoms with E-state index >= 15 is 0 Å². The number of imidazole rings is 1. The van der Waals surface area contributed by atoms with Crippen LogP contribution in [0.1, 0.15) is 17.8 Å². The summed E-state index contributed by atoms with van der Waals surface area (Å²) in [4.78, 5) is 20.3. The van der Waals surface area contributed by atoms with Crippen LogP contribution in [0.15, 0.2) is 48.8 Å². The second-order valence-corrected chi connectivity index (χ2v) is 5.62. The van der Waals surface area contributed by atoms with Crippen molar-refractivity contribution < 1.29 is 4.79 Å². The first-order valence-electron chi connectivity index (χ1n) is 8.06. The lowest BCUT2D eigenvalue weighted by Crippen LogP contribution is -2.35. The summed E-state index contributed by atoms with van der Waals surface area (Å²) in [5, 5.41) is 5.72. The Bertz CT molecular complexity index is 813. The molecule has 0 aliphatic rings. The number of benzene rings is 1. The van der Waals surface area contributed by atoms with Crippen LogP contribution in [-0.4, -0.2) is 27.1 Å². The largest absolute Gasteiger partial charge is 0.338 e. The van der Waals surface area contributed by atoms with Crippen LogP contribution in [0, 0.1) is 6.92 Å². The van der Waals surface area contributed by atoms with Gasteiger partial charge in [-0.15, -0.1) is 0 Å². The van der Waals surface area contributed by atoms with E-state index in [4.69, 9.17) is 0 Å². The van der Waals surface area contributed by atoms with Gasteiger partial charge < -0.3 is 15.2 Å². The van der Waals surface area contributed by atoms with Gasteiger partial charge in [0.15, 0.2) is 0 Å². The SMILES string of the molecule is Cc1nc2ccccc2n1CCCNC(=O)NCc1ccncc1. The topological polar surface area (TPSA) is 71.8 Å². The molecule has 0 saturated carbocycles. The highest BCUT2D eigenvalue weighted by Crippen LogP contribution is 2.15. The summed E-state index contributed by atoms with van der Waals surface area (Å²) in [5.41, 5.74) is 3.18. The number of nitrogens with one attached hydrogen (secondary N) is 2. The summed E-state index contributed by atoms with van der Waals surface area (Å²) in [6, 6.07) is 11.7. The minimum atomic E-state index is -0.154. The van der Waals surface area contributed by atoms with Crippen LogP contribution in [0.3, 0.4) is 0 Å². The van der Waals surface area contributed by atoms with E-state index in [1.165, 1.54) is 0 Å². The normalized spacial score (nSPS) is 10.7. The molecule has 0 spiro atoms. The van der Waals surface area contributed by atoms with Gasteiger partial charge in [-0.05, 0) is 43.2 Å². The fourth-order valence-corrected chi connectivity index (χ4v) is 2.66. The standard InChI is InChI=1S/C18H21N5O/c1-14-22-16-5-2-3-6-17(16)23(14)12-4-9-20-18(24)21-13-15-7-10-19-11-8-15/h2-3,5-8,10-11H,4,9,12-13H2,1H3,(H2,20,21,24). The number of rotatable bonds is 6. The highest BCUT2D eigenvalue weighted by Gasteiger charge is 2.06. The molecule has 0 bridgehead atoms. The number of hydrogen-bond acceptors (Lipinski definition) is 3. The quantitative estimate of drug-likeness (QED) is 0.685. The molecule has 2 amide bonds. The predicted molar refractivity (Wildman–Crippen MR) is 93.6 cm³/mol. The van der Waals surface area contributed by atoms with Crippen LogP contribution in [0.5, 0.6) is 0 Å². The van der Waals surface area contributed by atoms with Gasteiger partial charge in [0.05, 0.1) is 11.0 Å². The Morgan fingerprint density at radius 2 is 1.92 bits per heavy atom. The minimum Gasteiger partial charge on any atom is -0.338 e. The third kappa shape index (κ3) is 3.90. The van der Waals surface area contributed by atoms with Crippen LogP contribution in [0.25, 0.3) is 11.0 Å². The number of urea groups is 1. The van der Waals surface area contributed by atoms with Crippen molar-refractivity contribution >= 4 is 17.1 Å². The van der Waals surface area contributed by atoms with Crippen LogP contribution in [0.4, 0.5) is 4.79 Å². The van der Waals surface area contributed by atoms with Crippen molar-refractivity contribution in [1.82, 2.24) is 25.2 Å². The fraction of sp³-hybridized carbons (Fsp3) is 0.278.